The lowest BCUT2D eigenvalue weighted by atomic mass is 10.0. The minimum atomic E-state index is -0.151. The Hall–Kier alpha value is -0.120. The van der Waals surface area contributed by atoms with Crippen molar-refractivity contribution in [3.8, 4) is 0 Å². The second kappa shape index (κ2) is 3.95. The first kappa shape index (κ1) is 11.0. The summed E-state index contributed by atoms with van der Waals surface area (Å²) in [6.07, 6.45) is 0.296. The summed E-state index contributed by atoms with van der Waals surface area (Å²) in [6.45, 7) is 11.2. The number of nitrogens with two attached hydrogens (primary N) is 1. The van der Waals surface area contributed by atoms with E-state index < -0.39 is 0 Å². The highest BCUT2D eigenvalue weighted by Crippen LogP contribution is 2.21. The maximum atomic E-state index is 5.84. The van der Waals surface area contributed by atoms with Crippen molar-refractivity contribution >= 4 is 0 Å². The van der Waals surface area contributed by atoms with E-state index in [1.807, 2.05) is 0 Å². The van der Waals surface area contributed by atoms with Crippen molar-refractivity contribution in [2.45, 2.75) is 45.4 Å². The number of ether oxygens (including phenoxy) is 1. The second-order valence-corrected chi connectivity index (χ2v) is 4.61. The maximum absolute atomic E-state index is 5.84. The second-order valence-electron chi connectivity index (χ2n) is 4.61. The lowest BCUT2D eigenvalue weighted by Crippen LogP contribution is -2.58. The zero-order valence-electron chi connectivity index (χ0n) is 9.21. The van der Waals surface area contributed by atoms with Gasteiger partial charge in [0.15, 0.2) is 0 Å². The van der Waals surface area contributed by atoms with Gasteiger partial charge in [0.1, 0.15) is 0 Å². The maximum Gasteiger partial charge on any atom is 0.0906 e. The summed E-state index contributed by atoms with van der Waals surface area (Å²) in [6, 6.07) is 0.581. The minimum absolute atomic E-state index is 0.151. The van der Waals surface area contributed by atoms with Gasteiger partial charge < -0.3 is 10.5 Å². The average Bonchev–Trinajstić information content (AvgIpc) is 2.03. The van der Waals surface area contributed by atoms with E-state index in [2.05, 4.69) is 32.6 Å². The minimum Gasteiger partial charge on any atom is -0.368 e. The molecule has 0 aromatic rings. The summed E-state index contributed by atoms with van der Waals surface area (Å²) in [5.74, 6) is 0. The van der Waals surface area contributed by atoms with Gasteiger partial charge in [-0.3, -0.25) is 4.90 Å². The predicted octanol–water partition coefficient (Wildman–Crippen LogP) is 0.833. The fourth-order valence-electron chi connectivity index (χ4n) is 1.89. The Morgan fingerprint density at radius 2 is 2.23 bits per heavy atom. The topological polar surface area (TPSA) is 38.5 Å². The molecule has 13 heavy (non-hydrogen) atoms. The van der Waals surface area contributed by atoms with Crippen LogP contribution in [-0.4, -0.2) is 42.3 Å². The standard InChI is InChI=1S/C10H22N2O/c1-8(2)12-5-9(3)13-10(4,6-11)7-12/h8-9H,5-7,11H2,1-4H3. The summed E-state index contributed by atoms with van der Waals surface area (Å²) < 4.78 is 5.84. The highest BCUT2D eigenvalue weighted by molar-refractivity contribution is 4.88. The van der Waals surface area contributed by atoms with Crippen LogP contribution in [0.25, 0.3) is 0 Å². The summed E-state index contributed by atoms with van der Waals surface area (Å²) in [4.78, 5) is 2.43. The van der Waals surface area contributed by atoms with Gasteiger partial charge in [0.25, 0.3) is 0 Å². The van der Waals surface area contributed by atoms with E-state index in [0.717, 1.165) is 13.1 Å². The molecule has 1 rings (SSSR count). The molecule has 1 saturated heterocycles. The molecule has 0 aliphatic carbocycles. The van der Waals surface area contributed by atoms with Gasteiger partial charge in [-0.25, -0.2) is 0 Å². The van der Waals surface area contributed by atoms with Crippen LogP contribution in [0.2, 0.25) is 0 Å². The van der Waals surface area contributed by atoms with Crippen LogP contribution in [0.3, 0.4) is 0 Å². The van der Waals surface area contributed by atoms with Crippen molar-refractivity contribution < 1.29 is 4.74 Å². The van der Waals surface area contributed by atoms with Crippen molar-refractivity contribution in [3.05, 3.63) is 0 Å². The predicted molar refractivity (Wildman–Crippen MR) is 54.7 cm³/mol. The zero-order chi connectivity index (χ0) is 10.1. The van der Waals surface area contributed by atoms with E-state index in [4.69, 9.17) is 10.5 Å². The largest absolute Gasteiger partial charge is 0.368 e. The van der Waals surface area contributed by atoms with Gasteiger partial charge in [0.05, 0.1) is 11.7 Å². The molecule has 3 nitrogen and oxygen atoms in total. The summed E-state index contributed by atoms with van der Waals surface area (Å²) in [5, 5.41) is 0. The smallest absolute Gasteiger partial charge is 0.0906 e. The van der Waals surface area contributed by atoms with Crippen LogP contribution in [0, 0.1) is 0 Å². The molecule has 1 fully saturated rings. The molecule has 0 radical (unpaired) electrons. The van der Waals surface area contributed by atoms with Gasteiger partial charge in [0.2, 0.25) is 0 Å². The molecule has 0 spiro atoms. The van der Waals surface area contributed by atoms with Gasteiger partial charge in [-0.2, -0.15) is 0 Å². The van der Waals surface area contributed by atoms with Crippen molar-refractivity contribution in [1.29, 1.82) is 0 Å². The summed E-state index contributed by atoms with van der Waals surface area (Å²) >= 11 is 0. The normalized spacial score (nSPS) is 36.9. The number of morpholine rings is 1. The molecular weight excluding hydrogens is 164 g/mol. The Morgan fingerprint density at radius 3 is 2.69 bits per heavy atom. The number of hydrogen-bond acceptors (Lipinski definition) is 3. The molecule has 0 aromatic carbocycles. The van der Waals surface area contributed by atoms with E-state index >= 15 is 0 Å². The third-order valence-electron chi connectivity index (χ3n) is 2.68. The van der Waals surface area contributed by atoms with E-state index in [0.29, 0.717) is 18.7 Å². The van der Waals surface area contributed by atoms with Crippen LogP contribution in [-0.2, 0) is 4.74 Å². The first-order chi connectivity index (χ1) is 5.97. The first-order valence-electron chi connectivity index (χ1n) is 5.09. The molecule has 3 heteroatoms. The summed E-state index contributed by atoms with van der Waals surface area (Å²) in [5.41, 5.74) is 5.56. The third-order valence-corrected chi connectivity index (χ3v) is 2.68. The van der Waals surface area contributed by atoms with Crippen LogP contribution in [0.4, 0.5) is 0 Å². The van der Waals surface area contributed by atoms with E-state index in [9.17, 15) is 0 Å². The Labute approximate surface area is 81.2 Å². The monoisotopic (exact) mass is 186 g/mol. The van der Waals surface area contributed by atoms with Gasteiger partial charge in [-0.1, -0.05) is 0 Å². The van der Waals surface area contributed by atoms with Crippen molar-refractivity contribution in [1.82, 2.24) is 4.90 Å². The van der Waals surface area contributed by atoms with E-state index in [1.165, 1.54) is 0 Å². The fraction of sp³-hybridized carbons (Fsp3) is 1.00. The van der Waals surface area contributed by atoms with Crippen LogP contribution < -0.4 is 5.73 Å². The van der Waals surface area contributed by atoms with Crippen LogP contribution in [0.5, 0.6) is 0 Å². The van der Waals surface area contributed by atoms with E-state index in [1.54, 1.807) is 0 Å². The Morgan fingerprint density at radius 1 is 1.62 bits per heavy atom. The van der Waals surface area contributed by atoms with Crippen molar-refractivity contribution in [2.24, 2.45) is 5.73 Å². The van der Waals surface area contributed by atoms with Crippen LogP contribution in [0.1, 0.15) is 27.7 Å². The molecule has 2 unspecified atom stereocenters. The van der Waals surface area contributed by atoms with Gasteiger partial charge in [-0.15, -0.1) is 0 Å². The zero-order valence-corrected chi connectivity index (χ0v) is 9.21. The first-order valence-corrected chi connectivity index (χ1v) is 5.09. The molecule has 0 saturated carbocycles. The molecule has 0 amide bonds. The van der Waals surface area contributed by atoms with Gasteiger partial charge in [-0.05, 0) is 27.7 Å². The molecule has 0 bridgehead atoms. The molecule has 1 aliphatic rings. The molecule has 2 N–H and O–H groups in total. The van der Waals surface area contributed by atoms with Crippen LogP contribution in [0.15, 0.2) is 0 Å². The van der Waals surface area contributed by atoms with Crippen molar-refractivity contribution in [3.63, 3.8) is 0 Å². The van der Waals surface area contributed by atoms with Crippen molar-refractivity contribution in [2.75, 3.05) is 19.6 Å². The lowest BCUT2D eigenvalue weighted by Gasteiger charge is -2.44. The summed E-state index contributed by atoms with van der Waals surface area (Å²) in [7, 11) is 0. The number of nitrogens with zero attached hydrogens (tertiary/aromatic N) is 1. The SMILES string of the molecule is CC1CN(C(C)C)CC(C)(CN)O1. The van der Waals surface area contributed by atoms with Gasteiger partial charge >= 0.3 is 0 Å². The average molecular weight is 186 g/mol. The third kappa shape index (κ3) is 2.66. The van der Waals surface area contributed by atoms with E-state index in [-0.39, 0.29) is 5.60 Å². The molecule has 78 valence electrons. The number of rotatable bonds is 2. The Balaban J connectivity index is 2.62. The Kier molecular flexibility index (Phi) is 3.33. The Bertz CT molecular complexity index is 172. The molecule has 0 aromatic heterocycles. The lowest BCUT2D eigenvalue weighted by molar-refractivity contribution is -0.139. The number of hydrogen-bond donors (Lipinski definition) is 1. The molecule has 1 heterocycles. The fourth-order valence-corrected chi connectivity index (χ4v) is 1.89. The highest BCUT2D eigenvalue weighted by atomic mass is 16.5. The molecule has 2 atom stereocenters. The molecular formula is C10H22N2O. The quantitative estimate of drug-likeness (QED) is 0.694. The highest BCUT2D eigenvalue weighted by Gasteiger charge is 2.34. The van der Waals surface area contributed by atoms with Gasteiger partial charge in [0, 0.05) is 25.7 Å². The molecule has 1 aliphatic heterocycles. The van der Waals surface area contributed by atoms with Crippen LogP contribution >= 0.6 is 0 Å².